The zero-order valence-electron chi connectivity index (χ0n) is 7.99. The molecule has 0 aromatic carbocycles. The molecule has 0 atom stereocenters. The number of pyridine rings is 1. The largest absolute Gasteiger partial charge is 0.261 e. The van der Waals surface area contributed by atoms with E-state index in [2.05, 4.69) is 30.2 Å². The predicted molar refractivity (Wildman–Crippen MR) is 55.7 cm³/mol. The molecule has 7 heteroatoms. The highest BCUT2D eigenvalue weighted by Crippen LogP contribution is 2.20. The van der Waals surface area contributed by atoms with Crippen LogP contribution in [0.4, 0.5) is 0 Å². The third-order valence-electron chi connectivity index (χ3n) is 2.54. The number of hydrogen-bond donors (Lipinski definition) is 1. The third-order valence-corrected chi connectivity index (χ3v) is 2.54. The van der Waals surface area contributed by atoms with Crippen molar-refractivity contribution in [2.24, 2.45) is 0 Å². The van der Waals surface area contributed by atoms with Crippen LogP contribution in [0.2, 0.25) is 0 Å². The molecule has 16 heavy (non-hydrogen) atoms. The lowest BCUT2D eigenvalue weighted by Gasteiger charge is -1.99. The molecule has 0 saturated carbocycles. The van der Waals surface area contributed by atoms with E-state index in [0.29, 0.717) is 5.78 Å². The van der Waals surface area contributed by atoms with Crippen molar-refractivity contribution in [3.8, 4) is 0 Å². The summed E-state index contributed by atoms with van der Waals surface area (Å²) in [6, 6.07) is 0. The minimum Gasteiger partial charge on any atom is -0.261 e. The fraction of sp³-hybridized carbons (Fsp3) is 0. The number of fused-ring (bicyclic) bond motifs is 5. The first-order chi connectivity index (χ1) is 7.93. The average Bonchev–Trinajstić information content (AvgIpc) is 2.96. The van der Waals surface area contributed by atoms with Crippen LogP contribution in [-0.4, -0.2) is 34.8 Å². The van der Waals surface area contributed by atoms with Gasteiger partial charge < -0.3 is 0 Å². The molecule has 0 fully saturated rings. The highest BCUT2D eigenvalue weighted by Gasteiger charge is 2.08. The summed E-state index contributed by atoms with van der Waals surface area (Å²) in [6.07, 6.45) is 6.68. The molecule has 7 nitrogen and oxygen atoms in total. The van der Waals surface area contributed by atoms with E-state index in [1.165, 1.54) is 6.33 Å². The van der Waals surface area contributed by atoms with Crippen LogP contribution in [0, 0.1) is 0 Å². The molecule has 0 aliphatic carbocycles. The normalized spacial score (nSPS) is 11.8. The van der Waals surface area contributed by atoms with E-state index >= 15 is 0 Å². The van der Waals surface area contributed by atoms with Crippen molar-refractivity contribution in [1.82, 2.24) is 34.8 Å². The van der Waals surface area contributed by atoms with Crippen LogP contribution < -0.4 is 0 Å². The van der Waals surface area contributed by atoms with E-state index < -0.39 is 0 Å². The first-order valence-electron chi connectivity index (χ1n) is 4.70. The molecule has 0 radical (unpaired) electrons. The van der Waals surface area contributed by atoms with E-state index in [1.807, 2.05) is 0 Å². The smallest absolute Gasteiger partial charge is 0.252 e. The first-order valence-corrected chi connectivity index (χ1v) is 4.70. The van der Waals surface area contributed by atoms with Crippen LogP contribution in [0.1, 0.15) is 0 Å². The van der Waals surface area contributed by atoms with Gasteiger partial charge in [-0.15, -0.1) is 0 Å². The van der Waals surface area contributed by atoms with Crippen LogP contribution in [0.5, 0.6) is 0 Å². The van der Waals surface area contributed by atoms with Gasteiger partial charge in [0.1, 0.15) is 6.33 Å². The maximum Gasteiger partial charge on any atom is 0.252 e. The van der Waals surface area contributed by atoms with Crippen LogP contribution in [0.15, 0.2) is 24.9 Å². The molecular formula is C9H5N7. The van der Waals surface area contributed by atoms with E-state index in [-0.39, 0.29) is 0 Å². The zero-order chi connectivity index (χ0) is 10.5. The van der Waals surface area contributed by atoms with Crippen LogP contribution in [0.3, 0.4) is 0 Å². The second kappa shape index (κ2) is 2.51. The van der Waals surface area contributed by atoms with Gasteiger partial charge in [-0.3, -0.25) is 5.10 Å². The maximum atomic E-state index is 4.24. The van der Waals surface area contributed by atoms with Crippen molar-refractivity contribution < 1.29 is 0 Å². The lowest BCUT2D eigenvalue weighted by atomic mass is 10.2. The summed E-state index contributed by atoms with van der Waals surface area (Å²) >= 11 is 0. The van der Waals surface area contributed by atoms with Gasteiger partial charge in [-0.1, -0.05) is 0 Å². The van der Waals surface area contributed by atoms with Gasteiger partial charge in [0.2, 0.25) is 0 Å². The molecule has 1 N–H and O–H groups in total. The van der Waals surface area contributed by atoms with Gasteiger partial charge in [0.25, 0.3) is 5.78 Å². The number of rotatable bonds is 0. The Labute approximate surface area is 88.2 Å². The summed E-state index contributed by atoms with van der Waals surface area (Å²) in [5.41, 5.74) is 1.65. The monoisotopic (exact) mass is 211 g/mol. The number of nitrogens with one attached hydrogen (secondary N) is 1. The number of nitrogens with zero attached hydrogens (tertiary/aromatic N) is 6. The Balaban J connectivity index is 2.44. The molecule has 4 aromatic heterocycles. The fourth-order valence-corrected chi connectivity index (χ4v) is 1.84. The number of H-pyrrole nitrogens is 1. The molecule has 0 aliphatic rings. The Morgan fingerprint density at radius 3 is 3.00 bits per heavy atom. The van der Waals surface area contributed by atoms with Gasteiger partial charge in [-0.2, -0.15) is 19.7 Å². The molecular weight excluding hydrogens is 206 g/mol. The molecule has 0 bridgehead atoms. The molecule has 0 aliphatic heterocycles. The van der Waals surface area contributed by atoms with Gasteiger partial charge in [0, 0.05) is 17.8 Å². The Morgan fingerprint density at radius 1 is 1.06 bits per heavy atom. The zero-order valence-corrected chi connectivity index (χ0v) is 7.99. The average molecular weight is 211 g/mol. The molecule has 0 spiro atoms. The Bertz CT molecular complexity index is 747. The van der Waals surface area contributed by atoms with Gasteiger partial charge >= 0.3 is 0 Å². The first kappa shape index (κ1) is 7.69. The minimum atomic E-state index is 0.571. The number of hydrogen-bond acceptors (Lipinski definition) is 5. The highest BCUT2D eigenvalue weighted by atomic mass is 15.3. The molecule has 4 aromatic rings. The quantitative estimate of drug-likeness (QED) is 0.459. The molecule has 4 heterocycles. The van der Waals surface area contributed by atoms with Crippen molar-refractivity contribution in [2.75, 3.05) is 0 Å². The number of aromatic amines is 1. The molecule has 4 rings (SSSR count). The lowest BCUT2D eigenvalue weighted by Crippen LogP contribution is -1.94. The summed E-state index contributed by atoms with van der Waals surface area (Å²) in [7, 11) is 0. The van der Waals surface area contributed by atoms with Gasteiger partial charge in [-0.05, 0) is 0 Å². The van der Waals surface area contributed by atoms with Crippen LogP contribution in [-0.2, 0) is 0 Å². The second-order valence-corrected chi connectivity index (χ2v) is 3.42. The Morgan fingerprint density at radius 2 is 2.00 bits per heavy atom. The second-order valence-electron chi connectivity index (χ2n) is 3.42. The molecule has 76 valence electrons. The summed E-state index contributed by atoms with van der Waals surface area (Å²) in [4.78, 5) is 12.5. The van der Waals surface area contributed by atoms with Crippen LogP contribution in [0.25, 0.3) is 27.7 Å². The summed E-state index contributed by atoms with van der Waals surface area (Å²) in [5.74, 6) is 0.571. The van der Waals surface area contributed by atoms with E-state index in [9.17, 15) is 0 Å². The molecule has 0 saturated heterocycles. The predicted octanol–water partition coefficient (Wildman–Crippen LogP) is 0.549. The van der Waals surface area contributed by atoms with Crippen molar-refractivity contribution in [2.45, 2.75) is 0 Å². The highest BCUT2D eigenvalue weighted by molar-refractivity contribution is 6.01. The van der Waals surface area contributed by atoms with Crippen LogP contribution >= 0.6 is 0 Å². The van der Waals surface area contributed by atoms with Gasteiger partial charge in [0.05, 0.1) is 17.1 Å². The van der Waals surface area contributed by atoms with E-state index in [0.717, 1.165) is 21.9 Å². The van der Waals surface area contributed by atoms with Crippen molar-refractivity contribution in [3.63, 3.8) is 0 Å². The Hall–Kier alpha value is -2.57. The van der Waals surface area contributed by atoms with Gasteiger partial charge in [-0.25, -0.2) is 9.97 Å². The van der Waals surface area contributed by atoms with E-state index in [1.54, 1.807) is 23.1 Å². The summed E-state index contributed by atoms with van der Waals surface area (Å²) in [5, 5.41) is 12.8. The summed E-state index contributed by atoms with van der Waals surface area (Å²) in [6.45, 7) is 0. The molecule has 0 amide bonds. The Kier molecular flexibility index (Phi) is 1.21. The van der Waals surface area contributed by atoms with Crippen molar-refractivity contribution in [3.05, 3.63) is 24.9 Å². The number of aromatic nitrogens is 7. The van der Waals surface area contributed by atoms with E-state index in [4.69, 9.17) is 0 Å². The van der Waals surface area contributed by atoms with Crippen molar-refractivity contribution in [1.29, 1.82) is 0 Å². The molecule has 0 unspecified atom stereocenters. The lowest BCUT2D eigenvalue weighted by molar-refractivity contribution is 0.986. The maximum absolute atomic E-state index is 4.24. The summed E-state index contributed by atoms with van der Waals surface area (Å²) < 4.78 is 1.69. The van der Waals surface area contributed by atoms with Gasteiger partial charge in [0.15, 0.2) is 5.65 Å². The minimum absolute atomic E-state index is 0.571. The standard InChI is InChI=1S/C9H5N7/c1-5-2-11-9-12-4-14-16(9)7(5)6-3-13-15-8(6)10-1/h1-4H,(H,10,13,15). The third kappa shape index (κ3) is 0.800. The fourth-order valence-electron chi connectivity index (χ4n) is 1.84. The topological polar surface area (TPSA) is 84.6 Å². The van der Waals surface area contributed by atoms with Crippen molar-refractivity contribution >= 4 is 27.7 Å². The SMILES string of the molecule is c1nc2ncc3cnc4[nH]ncc4c3n2n1.